The third kappa shape index (κ3) is 3.18. The van der Waals surface area contributed by atoms with Gasteiger partial charge in [-0.05, 0) is 37.6 Å². The number of epoxide rings is 1. The molecule has 0 radical (unpaired) electrons. The third-order valence-electron chi connectivity index (χ3n) is 4.94. The van der Waals surface area contributed by atoms with Crippen LogP contribution in [0.4, 0.5) is 11.4 Å². The first-order valence-corrected chi connectivity index (χ1v) is 8.94. The normalized spacial score (nSPS) is 18.4. The van der Waals surface area contributed by atoms with E-state index in [2.05, 4.69) is 16.4 Å². The molecule has 2 aromatic heterocycles. The lowest BCUT2D eigenvalue weighted by Crippen LogP contribution is -2.24. The summed E-state index contributed by atoms with van der Waals surface area (Å²) in [5.41, 5.74) is 3.11. The highest BCUT2D eigenvalue weighted by Crippen LogP contribution is 2.31. The van der Waals surface area contributed by atoms with E-state index in [0.717, 1.165) is 29.7 Å². The Kier molecular flexibility index (Phi) is 4.17. The smallest absolute Gasteiger partial charge is 0.328 e. The van der Waals surface area contributed by atoms with Gasteiger partial charge < -0.3 is 10.1 Å². The highest BCUT2D eigenvalue weighted by atomic mass is 35.5. The number of hydrogen-bond donors (Lipinski definition) is 1. The minimum absolute atomic E-state index is 0.0592. The summed E-state index contributed by atoms with van der Waals surface area (Å²) in [6.07, 6.45) is 2.32. The van der Waals surface area contributed by atoms with Crippen LogP contribution in [0.5, 0.6) is 0 Å². The van der Waals surface area contributed by atoms with Crippen LogP contribution in [0.25, 0.3) is 11.0 Å². The lowest BCUT2D eigenvalue weighted by molar-refractivity contribution is 0.298. The summed E-state index contributed by atoms with van der Waals surface area (Å²) in [7, 11) is 1.76. The molecular formula is C19H18ClN5O2. The second kappa shape index (κ2) is 6.41. The fourth-order valence-electron chi connectivity index (χ4n) is 3.12. The van der Waals surface area contributed by atoms with Crippen molar-refractivity contribution in [1.82, 2.24) is 14.1 Å². The Morgan fingerprint density at radius 2 is 2.19 bits per heavy atom. The van der Waals surface area contributed by atoms with Gasteiger partial charge in [0.25, 0.3) is 0 Å². The van der Waals surface area contributed by atoms with Crippen LogP contribution in [-0.4, -0.2) is 26.3 Å². The predicted molar refractivity (Wildman–Crippen MR) is 103 cm³/mol. The molecule has 0 bridgehead atoms. The zero-order valence-corrected chi connectivity index (χ0v) is 15.7. The standard InChI is InChI=1S/C19H18ClN5O2/c1-19(11-27-19)6-8-25-16-9-12(3-4-15(16)24(2)18(25)26)23-14-5-7-22-17(20)13(14)10-21/h3-5,7,9H,6,8,11H2,1-2H3,(H,22,23). The summed E-state index contributed by atoms with van der Waals surface area (Å²) in [5.74, 6) is 0. The van der Waals surface area contributed by atoms with Gasteiger partial charge in [0, 0.05) is 25.5 Å². The molecule has 1 aromatic carbocycles. The van der Waals surface area contributed by atoms with E-state index in [4.69, 9.17) is 16.3 Å². The number of imidazole rings is 1. The molecule has 8 heteroatoms. The van der Waals surface area contributed by atoms with Crippen molar-refractivity contribution < 1.29 is 4.74 Å². The first-order valence-electron chi connectivity index (χ1n) is 8.57. The molecular weight excluding hydrogens is 366 g/mol. The second-order valence-electron chi connectivity index (χ2n) is 6.95. The maximum absolute atomic E-state index is 12.6. The van der Waals surface area contributed by atoms with Crippen LogP contribution < -0.4 is 11.0 Å². The van der Waals surface area contributed by atoms with Crippen LogP contribution in [0.15, 0.2) is 35.3 Å². The number of nitrogens with one attached hydrogen (secondary N) is 1. The van der Waals surface area contributed by atoms with Crippen LogP contribution in [0.2, 0.25) is 5.15 Å². The monoisotopic (exact) mass is 383 g/mol. The highest BCUT2D eigenvalue weighted by molar-refractivity contribution is 6.31. The van der Waals surface area contributed by atoms with Crippen molar-refractivity contribution in [3.63, 3.8) is 0 Å². The van der Waals surface area contributed by atoms with Gasteiger partial charge in [-0.1, -0.05) is 11.6 Å². The minimum atomic E-state index is -0.118. The lowest BCUT2D eigenvalue weighted by atomic mass is 10.1. The third-order valence-corrected chi connectivity index (χ3v) is 5.23. The molecule has 4 rings (SSSR count). The summed E-state index contributed by atoms with van der Waals surface area (Å²) in [5, 5.41) is 12.7. The summed E-state index contributed by atoms with van der Waals surface area (Å²) in [6, 6.07) is 9.41. The van der Waals surface area contributed by atoms with Crippen molar-refractivity contribution >= 4 is 34.0 Å². The Balaban J connectivity index is 1.72. The molecule has 3 heterocycles. The van der Waals surface area contributed by atoms with Gasteiger partial charge in [0.2, 0.25) is 0 Å². The zero-order valence-electron chi connectivity index (χ0n) is 15.0. The van der Waals surface area contributed by atoms with Crippen molar-refractivity contribution in [3.8, 4) is 6.07 Å². The number of aryl methyl sites for hydroxylation is 2. The summed E-state index contributed by atoms with van der Waals surface area (Å²) in [4.78, 5) is 16.6. The first-order chi connectivity index (χ1) is 12.9. The van der Waals surface area contributed by atoms with Crippen LogP contribution in [0.1, 0.15) is 18.9 Å². The molecule has 0 amide bonds. The molecule has 0 spiro atoms. The summed E-state index contributed by atoms with van der Waals surface area (Å²) in [6.45, 7) is 3.37. The lowest BCUT2D eigenvalue weighted by Gasteiger charge is -2.10. The number of pyridine rings is 1. The van der Waals surface area contributed by atoms with Gasteiger partial charge in [-0.3, -0.25) is 9.13 Å². The molecule has 1 atom stereocenters. The average Bonchev–Trinajstić information content (AvgIpc) is 3.33. The number of hydrogen-bond acceptors (Lipinski definition) is 5. The van der Waals surface area contributed by atoms with Gasteiger partial charge in [0.05, 0.1) is 28.9 Å². The predicted octanol–water partition coefficient (Wildman–Crippen LogP) is 3.18. The van der Waals surface area contributed by atoms with Crippen molar-refractivity contribution in [3.05, 3.63) is 51.7 Å². The largest absolute Gasteiger partial charge is 0.370 e. The van der Waals surface area contributed by atoms with E-state index in [0.29, 0.717) is 12.2 Å². The molecule has 1 fully saturated rings. The van der Waals surface area contributed by atoms with E-state index in [9.17, 15) is 10.1 Å². The maximum Gasteiger partial charge on any atom is 0.328 e. The number of benzene rings is 1. The quantitative estimate of drug-likeness (QED) is 0.540. The van der Waals surface area contributed by atoms with Gasteiger partial charge in [-0.2, -0.15) is 5.26 Å². The molecule has 1 unspecified atom stereocenters. The fourth-order valence-corrected chi connectivity index (χ4v) is 3.32. The van der Waals surface area contributed by atoms with Crippen molar-refractivity contribution in [2.45, 2.75) is 25.5 Å². The van der Waals surface area contributed by atoms with E-state index in [-0.39, 0.29) is 22.0 Å². The molecule has 0 aliphatic carbocycles. The number of anilines is 2. The molecule has 3 aromatic rings. The molecule has 1 aliphatic heterocycles. The molecule has 7 nitrogen and oxygen atoms in total. The fraction of sp³-hybridized carbons (Fsp3) is 0.316. The number of fused-ring (bicyclic) bond motifs is 1. The zero-order chi connectivity index (χ0) is 19.2. The molecule has 1 N–H and O–H groups in total. The van der Waals surface area contributed by atoms with Crippen LogP contribution in [0.3, 0.4) is 0 Å². The Hall–Kier alpha value is -2.82. The molecule has 1 aliphatic rings. The SMILES string of the molecule is Cn1c(=O)n(CCC2(C)CO2)c2cc(Nc3ccnc(Cl)c3C#N)ccc21. The van der Waals surface area contributed by atoms with Crippen molar-refractivity contribution in [2.75, 3.05) is 11.9 Å². The maximum atomic E-state index is 12.6. The van der Waals surface area contributed by atoms with Crippen LogP contribution in [-0.2, 0) is 18.3 Å². The summed E-state index contributed by atoms with van der Waals surface area (Å²) < 4.78 is 8.83. The van der Waals surface area contributed by atoms with E-state index in [1.807, 2.05) is 25.1 Å². The van der Waals surface area contributed by atoms with Crippen LogP contribution in [0, 0.1) is 11.3 Å². The number of ether oxygens (including phenoxy) is 1. The number of aromatic nitrogens is 3. The van der Waals surface area contributed by atoms with Gasteiger partial charge >= 0.3 is 5.69 Å². The highest BCUT2D eigenvalue weighted by Gasteiger charge is 2.38. The first kappa shape index (κ1) is 17.6. The number of halogens is 1. The van der Waals surface area contributed by atoms with E-state index < -0.39 is 0 Å². The van der Waals surface area contributed by atoms with E-state index in [1.165, 1.54) is 0 Å². The van der Waals surface area contributed by atoms with E-state index in [1.54, 1.807) is 28.4 Å². The summed E-state index contributed by atoms with van der Waals surface area (Å²) >= 11 is 6.00. The number of rotatable bonds is 5. The van der Waals surface area contributed by atoms with Gasteiger partial charge in [0.1, 0.15) is 16.8 Å². The molecule has 0 saturated carbocycles. The van der Waals surface area contributed by atoms with Gasteiger partial charge in [-0.15, -0.1) is 0 Å². The Bertz CT molecular complexity index is 1140. The topological polar surface area (TPSA) is 88.2 Å². The average molecular weight is 384 g/mol. The Morgan fingerprint density at radius 1 is 1.41 bits per heavy atom. The molecule has 27 heavy (non-hydrogen) atoms. The molecule has 1 saturated heterocycles. The number of nitriles is 1. The number of nitrogens with zero attached hydrogens (tertiary/aromatic N) is 4. The van der Waals surface area contributed by atoms with Gasteiger partial charge in [0.15, 0.2) is 0 Å². The van der Waals surface area contributed by atoms with Gasteiger partial charge in [-0.25, -0.2) is 9.78 Å². The second-order valence-corrected chi connectivity index (χ2v) is 7.30. The molecule has 138 valence electrons. The minimum Gasteiger partial charge on any atom is -0.370 e. The van der Waals surface area contributed by atoms with Crippen molar-refractivity contribution in [1.29, 1.82) is 5.26 Å². The Morgan fingerprint density at radius 3 is 2.89 bits per heavy atom. The van der Waals surface area contributed by atoms with Crippen LogP contribution >= 0.6 is 11.6 Å². The van der Waals surface area contributed by atoms with E-state index >= 15 is 0 Å². The Labute approximate surface area is 160 Å². The van der Waals surface area contributed by atoms with Crippen molar-refractivity contribution in [2.24, 2.45) is 7.05 Å².